The molecule has 4 rings (SSSR count). The summed E-state index contributed by atoms with van der Waals surface area (Å²) in [5, 5.41) is 3.83. The van der Waals surface area contributed by atoms with E-state index in [4.69, 9.17) is 4.52 Å². The molecule has 3 aromatic rings. The van der Waals surface area contributed by atoms with E-state index in [-0.39, 0.29) is 37.1 Å². The Labute approximate surface area is 180 Å². The zero-order valence-corrected chi connectivity index (χ0v) is 17.4. The molecule has 1 saturated heterocycles. The van der Waals surface area contributed by atoms with Crippen LogP contribution in [0.2, 0.25) is 0 Å². The van der Waals surface area contributed by atoms with Crippen LogP contribution in [0.25, 0.3) is 11.1 Å². The van der Waals surface area contributed by atoms with Gasteiger partial charge in [-0.3, -0.25) is 19.3 Å². The number of carbonyl (C=O) groups excluding carboxylic acids is 3. The molecular formula is C24H23N3O4. The Morgan fingerprint density at radius 1 is 1.06 bits per heavy atom. The van der Waals surface area contributed by atoms with Crippen LogP contribution >= 0.6 is 0 Å². The Bertz CT molecular complexity index is 1090. The van der Waals surface area contributed by atoms with E-state index in [2.05, 4.69) is 5.16 Å². The van der Waals surface area contributed by atoms with Gasteiger partial charge in [-0.25, -0.2) is 0 Å². The molecule has 0 aliphatic carbocycles. The highest BCUT2D eigenvalue weighted by atomic mass is 16.5. The van der Waals surface area contributed by atoms with Gasteiger partial charge in [0, 0.05) is 33.0 Å². The molecule has 7 heteroatoms. The number of hydrogen-bond donors (Lipinski definition) is 0. The predicted molar refractivity (Wildman–Crippen MR) is 114 cm³/mol. The Morgan fingerprint density at radius 3 is 2.32 bits per heavy atom. The van der Waals surface area contributed by atoms with Crippen LogP contribution in [0.3, 0.4) is 0 Å². The molecule has 2 heterocycles. The lowest BCUT2D eigenvalue weighted by molar-refractivity contribution is -0.141. The van der Waals surface area contributed by atoms with Crippen LogP contribution in [0.4, 0.5) is 0 Å². The Morgan fingerprint density at radius 2 is 1.74 bits per heavy atom. The van der Waals surface area contributed by atoms with Crippen LogP contribution in [0.15, 0.2) is 71.4 Å². The maximum Gasteiger partial charge on any atom is 0.240 e. The monoisotopic (exact) mass is 417 g/mol. The lowest BCUT2D eigenvalue weighted by atomic mass is 9.75. The summed E-state index contributed by atoms with van der Waals surface area (Å²) < 4.78 is 4.82. The minimum Gasteiger partial charge on any atom is -0.364 e. The molecule has 1 fully saturated rings. The molecule has 0 saturated carbocycles. The van der Waals surface area contributed by atoms with Gasteiger partial charge < -0.3 is 9.42 Å². The van der Waals surface area contributed by atoms with Crippen molar-refractivity contribution in [3.8, 4) is 11.1 Å². The van der Waals surface area contributed by atoms with Gasteiger partial charge in [0.05, 0.1) is 12.0 Å². The van der Waals surface area contributed by atoms with E-state index < -0.39 is 5.41 Å². The number of aromatic nitrogens is 1. The van der Waals surface area contributed by atoms with Crippen molar-refractivity contribution in [2.24, 2.45) is 0 Å². The normalized spacial score (nSPS) is 18.5. The zero-order chi connectivity index (χ0) is 22.0. The summed E-state index contributed by atoms with van der Waals surface area (Å²) >= 11 is 0. The number of amides is 3. The lowest BCUT2D eigenvalue weighted by Crippen LogP contribution is -2.41. The molecule has 0 unspecified atom stereocenters. The van der Waals surface area contributed by atoms with Gasteiger partial charge >= 0.3 is 0 Å². The van der Waals surface area contributed by atoms with E-state index >= 15 is 0 Å². The third-order valence-electron chi connectivity index (χ3n) is 5.85. The van der Waals surface area contributed by atoms with E-state index in [9.17, 15) is 14.4 Å². The van der Waals surface area contributed by atoms with Gasteiger partial charge in [-0.15, -0.1) is 0 Å². The Kier molecular flexibility index (Phi) is 5.42. The first-order valence-electron chi connectivity index (χ1n) is 10.0. The first-order valence-corrected chi connectivity index (χ1v) is 10.0. The highest BCUT2D eigenvalue weighted by Gasteiger charge is 2.52. The standard InChI is InChI=1S/C24H23N3O4/c1-26(16-20-12-13-31-25-20)21(28)14-24(15-22(29)27(2)23(24)30)19-10-8-18(9-11-19)17-6-4-3-5-7-17/h3-13H,14-16H2,1-2H3/t24-/m1/s1. The fourth-order valence-electron chi connectivity index (χ4n) is 4.01. The summed E-state index contributed by atoms with van der Waals surface area (Å²) in [6.07, 6.45) is 1.31. The molecule has 31 heavy (non-hydrogen) atoms. The number of carbonyl (C=O) groups is 3. The molecule has 7 nitrogen and oxygen atoms in total. The zero-order valence-electron chi connectivity index (χ0n) is 17.4. The van der Waals surface area contributed by atoms with E-state index in [0.29, 0.717) is 11.3 Å². The van der Waals surface area contributed by atoms with Crippen LogP contribution in [-0.2, 0) is 26.3 Å². The van der Waals surface area contributed by atoms with E-state index in [1.807, 2.05) is 54.6 Å². The van der Waals surface area contributed by atoms with Crippen molar-refractivity contribution < 1.29 is 18.9 Å². The van der Waals surface area contributed by atoms with Crippen LogP contribution < -0.4 is 0 Å². The highest BCUT2D eigenvalue weighted by molar-refractivity contribution is 6.10. The highest BCUT2D eigenvalue weighted by Crippen LogP contribution is 2.40. The summed E-state index contributed by atoms with van der Waals surface area (Å²) in [7, 11) is 3.11. The molecule has 0 spiro atoms. The molecule has 158 valence electrons. The van der Waals surface area contributed by atoms with E-state index in [0.717, 1.165) is 16.0 Å². The first-order chi connectivity index (χ1) is 14.9. The predicted octanol–water partition coefficient (Wildman–Crippen LogP) is 3.02. The van der Waals surface area contributed by atoms with Crippen LogP contribution in [0.5, 0.6) is 0 Å². The third kappa shape index (κ3) is 3.86. The van der Waals surface area contributed by atoms with Crippen LogP contribution in [0.1, 0.15) is 24.1 Å². The smallest absolute Gasteiger partial charge is 0.240 e. The molecule has 0 radical (unpaired) electrons. The molecule has 0 N–H and O–H groups in total. The quantitative estimate of drug-likeness (QED) is 0.576. The van der Waals surface area contributed by atoms with Gasteiger partial charge in [-0.05, 0) is 16.7 Å². The number of nitrogens with zero attached hydrogens (tertiary/aromatic N) is 3. The minimum atomic E-state index is -1.21. The lowest BCUT2D eigenvalue weighted by Gasteiger charge is -2.28. The fourth-order valence-corrected chi connectivity index (χ4v) is 4.01. The Hall–Kier alpha value is -3.74. The summed E-state index contributed by atoms with van der Waals surface area (Å²) in [6.45, 7) is 0.260. The third-order valence-corrected chi connectivity index (χ3v) is 5.85. The number of benzene rings is 2. The van der Waals surface area contributed by atoms with Gasteiger partial charge in [0.25, 0.3) is 0 Å². The van der Waals surface area contributed by atoms with Crippen molar-refractivity contribution in [3.63, 3.8) is 0 Å². The van der Waals surface area contributed by atoms with Crippen molar-refractivity contribution in [1.29, 1.82) is 0 Å². The van der Waals surface area contributed by atoms with Crippen LogP contribution in [-0.4, -0.2) is 46.8 Å². The largest absolute Gasteiger partial charge is 0.364 e. The van der Waals surface area contributed by atoms with Crippen molar-refractivity contribution in [1.82, 2.24) is 15.0 Å². The maximum absolute atomic E-state index is 13.2. The second-order valence-corrected chi connectivity index (χ2v) is 7.88. The Balaban J connectivity index is 1.64. The minimum absolute atomic E-state index is 0.0312. The number of imide groups is 1. The summed E-state index contributed by atoms with van der Waals surface area (Å²) in [4.78, 5) is 41.3. The number of hydrogen-bond acceptors (Lipinski definition) is 5. The van der Waals surface area contributed by atoms with Gasteiger partial charge in [-0.2, -0.15) is 0 Å². The summed E-state index contributed by atoms with van der Waals surface area (Å²) in [5.41, 5.74) is 2.12. The van der Waals surface area contributed by atoms with Crippen molar-refractivity contribution in [2.75, 3.05) is 14.1 Å². The van der Waals surface area contributed by atoms with E-state index in [1.54, 1.807) is 13.1 Å². The molecule has 1 aliphatic rings. The van der Waals surface area contributed by atoms with Gasteiger partial charge in [-0.1, -0.05) is 59.8 Å². The number of likely N-dealkylation sites (tertiary alicyclic amines) is 1. The second kappa shape index (κ2) is 8.18. The van der Waals surface area contributed by atoms with Gasteiger partial charge in [0.2, 0.25) is 17.7 Å². The van der Waals surface area contributed by atoms with Crippen LogP contribution in [0, 0.1) is 0 Å². The first kappa shape index (κ1) is 20.5. The second-order valence-electron chi connectivity index (χ2n) is 7.88. The molecule has 0 bridgehead atoms. The average molecular weight is 417 g/mol. The van der Waals surface area contributed by atoms with Crippen molar-refractivity contribution in [2.45, 2.75) is 24.8 Å². The number of rotatable bonds is 6. The molecule has 1 aliphatic heterocycles. The van der Waals surface area contributed by atoms with Gasteiger partial charge in [0.15, 0.2) is 0 Å². The molecule has 1 atom stereocenters. The fraction of sp³-hybridized carbons (Fsp3) is 0.250. The number of likely N-dealkylation sites (N-methyl/N-ethyl adjacent to an activating group) is 1. The van der Waals surface area contributed by atoms with Gasteiger partial charge in [0.1, 0.15) is 12.0 Å². The van der Waals surface area contributed by atoms with E-state index in [1.165, 1.54) is 18.2 Å². The molecule has 2 aromatic carbocycles. The maximum atomic E-state index is 13.2. The van der Waals surface area contributed by atoms with Crippen molar-refractivity contribution in [3.05, 3.63) is 78.2 Å². The molecule has 1 aromatic heterocycles. The summed E-state index contributed by atoms with van der Waals surface area (Å²) in [6, 6.07) is 19.1. The summed E-state index contributed by atoms with van der Waals surface area (Å²) in [5.74, 6) is -0.885. The molecular weight excluding hydrogens is 394 g/mol. The SMILES string of the molecule is CN(Cc1ccon1)C(=O)C[C@]1(c2ccc(-c3ccccc3)cc2)CC(=O)N(C)C1=O. The topological polar surface area (TPSA) is 83.7 Å². The molecule has 3 amide bonds. The average Bonchev–Trinajstić information content (AvgIpc) is 3.37. The van der Waals surface area contributed by atoms with Crippen molar-refractivity contribution >= 4 is 17.7 Å².